The molecule has 2 heterocycles. The highest BCUT2D eigenvalue weighted by Gasteiger charge is 2.38. The van der Waals surface area contributed by atoms with Gasteiger partial charge < -0.3 is 24.6 Å². The third-order valence-corrected chi connectivity index (χ3v) is 6.96. The summed E-state index contributed by atoms with van der Waals surface area (Å²) in [7, 11) is 1.62. The fourth-order valence-corrected chi connectivity index (χ4v) is 5.03. The van der Waals surface area contributed by atoms with Gasteiger partial charge in [0.2, 0.25) is 5.91 Å². The van der Waals surface area contributed by atoms with Crippen LogP contribution in [0, 0.1) is 0 Å². The van der Waals surface area contributed by atoms with E-state index < -0.39 is 0 Å². The van der Waals surface area contributed by atoms with Crippen LogP contribution in [0.2, 0.25) is 0 Å². The molecule has 0 radical (unpaired) electrons. The van der Waals surface area contributed by atoms with Gasteiger partial charge in [-0.05, 0) is 54.8 Å². The number of benzene rings is 1. The average molecular weight is 458 g/mol. The number of hydrogen-bond acceptors (Lipinski definition) is 5. The minimum Gasteiger partial charge on any atom is -0.493 e. The number of hydrogen-bond donors (Lipinski definition) is 1. The fourth-order valence-electron chi connectivity index (χ4n) is 4.10. The van der Waals surface area contributed by atoms with Gasteiger partial charge in [0.25, 0.3) is 0 Å². The molecule has 1 aromatic heterocycles. The summed E-state index contributed by atoms with van der Waals surface area (Å²) in [5.74, 6) is 1.29. The van der Waals surface area contributed by atoms with Gasteiger partial charge in [-0.25, -0.2) is 4.79 Å². The minimum absolute atomic E-state index is 0.0333. The summed E-state index contributed by atoms with van der Waals surface area (Å²) < 4.78 is 11.5. The van der Waals surface area contributed by atoms with Gasteiger partial charge in [-0.1, -0.05) is 19.1 Å². The summed E-state index contributed by atoms with van der Waals surface area (Å²) in [6, 6.07) is 9.45. The molecule has 0 bridgehead atoms. The third kappa shape index (κ3) is 5.01. The zero-order valence-corrected chi connectivity index (χ0v) is 19.5. The number of nitrogens with zero attached hydrogens (tertiary/aromatic N) is 2. The van der Waals surface area contributed by atoms with Crippen molar-refractivity contribution in [2.75, 3.05) is 33.4 Å². The van der Waals surface area contributed by atoms with Crippen molar-refractivity contribution in [3.8, 4) is 11.5 Å². The maximum atomic E-state index is 13.4. The number of rotatable bonds is 9. The van der Waals surface area contributed by atoms with E-state index in [0.717, 1.165) is 31.2 Å². The average Bonchev–Trinajstić information content (AvgIpc) is 3.54. The SMILES string of the molecule is CCCNC(=O)N(CC(=O)N1CCc2sccc2C1COc1ccccc1OC)C1CC1. The van der Waals surface area contributed by atoms with Crippen molar-refractivity contribution in [3.05, 3.63) is 46.2 Å². The normalized spacial score (nSPS) is 17.4. The maximum Gasteiger partial charge on any atom is 0.318 e. The first-order valence-corrected chi connectivity index (χ1v) is 12.2. The van der Waals surface area contributed by atoms with Gasteiger partial charge in [0.1, 0.15) is 13.2 Å². The maximum absolute atomic E-state index is 13.4. The third-order valence-electron chi connectivity index (χ3n) is 5.96. The summed E-state index contributed by atoms with van der Waals surface area (Å²) in [6.45, 7) is 3.70. The van der Waals surface area contributed by atoms with Crippen molar-refractivity contribution < 1.29 is 19.1 Å². The van der Waals surface area contributed by atoms with E-state index in [9.17, 15) is 9.59 Å². The topological polar surface area (TPSA) is 71.1 Å². The van der Waals surface area contributed by atoms with Crippen LogP contribution in [-0.2, 0) is 11.2 Å². The molecule has 8 heteroatoms. The van der Waals surface area contributed by atoms with Gasteiger partial charge in [0.05, 0.1) is 13.2 Å². The summed E-state index contributed by atoms with van der Waals surface area (Å²) >= 11 is 1.72. The second-order valence-corrected chi connectivity index (χ2v) is 9.21. The number of carbonyl (C=O) groups excluding carboxylic acids is 2. The van der Waals surface area contributed by atoms with E-state index in [1.807, 2.05) is 36.1 Å². The van der Waals surface area contributed by atoms with Crippen molar-refractivity contribution >= 4 is 23.3 Å². The van der Waals surface area contributed by atoms with Crippen molar-refractivity contribution in [2.45, 2.75) is 44.7 Å². The Morgan fingerprint density at radius 1 is 1.22 bits per heavy atom. The van der Waals surface area contributed by atoms with E-state index in [4.69, 9.17) is 9.47 Å². The number of thiophene rings is 1. The van der Waals surface area contributed by atoms with Gasteiger partial charge in [-0.15, -0.1) is 11.3 Å². The summed E-state index contributed by atoms with van der Waals surface area (Å²) in [5, 5.41) is 5.00. The highest BCUT2D eigenvalue weighted by atomic mass is 32.1. The summed E-state index contributed by atoms with van der Waals surface area (Å²) in [4.78, 5) is 30.9. The van der Waals surface area contributed by atoms with Crippen LogP contribution in [0.4, 0.5) is 4.79 Å². The molecule has 7 nitrogen and oxygen atoms in total. The smallest absolute Gasteiger partial charge is 0.318 e. The Morgan fingerprint density at radius 2 is 2.00 bits per heavy atom. The fraction of sp³-hybridized carbons (Fsp3) is 0.500. The van der Waals surface area contributed by atoms with E-state index in [0.29, 0.717) is 31.2 Å². The Balaban J connectivity index is 1.49. The van der Waals surface area contributed by atoms with Crippen molar-refractivity contribution in [1.29, 1.82) is 0 Å². The van der Waals surface area contributed by atoms with Gasteiger partial charge in [-0.2, -0.15) is 0 Å². The Bertz CT molecular complexity index is 943. The lowest BCUT2D eigenvalue weighted by molar-refractivity contribution is -0.135. The molecule has 172 valence electrons. The zero-order chi connectivity index (χ0) is 22.5. The molecule has 1 fully saturated rings. The lowest BCUT2D eigenvalue weighted by atomic mass is 10.0. The highest BCUT2D eigenvalue weighted by molar-refractivity contribution is 7.10. The molecule has 1 atom stereocenters. The van der Waals surface area contributed by atoms with Crippen LogP contribution in [0.15, 0.2) is 35.7 Å². The number of methoxy groups -OCH3 is 1. The molecule has 0 spiro atoms. The quantitative estimate of drug-likeness (QED) is 0.621. The number of ether oxygens (including phenoxy) is 2. The summed E-state index contributed by atoms with van der Waals surface area (Å²) in [6.07, 6.45) is 3.62. The standard InChI is InChI=1S/C24H31N3O4S/c1-3-12-25-24(29)27(17-8-9-17)15-23(28)26-13-10-22-18(11-14-32-22)19(26)16-31-21-7-5-4-6-20(21)30-2/h4-7,11,14,17,19H,3,8-10,12-13,15-16H2,1-2H3,(H,25,29). The molecule has 1 aliphatic heterocycles. The van der Waals surface area contributed by atoms with Gasteiger partial charge >= 0.3 is 6.03 Å². The van der Waals surface area contributed by atoms with Crippen LogP contribution < -0.4 is 14.8 Å². The Hall–Kier alpha value is -2.74. The van der Waals surface area contributed by atoms with E-state index in [1.165, 1.54) is 4.88 Å². The lowest BCUT2D eigenvalue weighted by Gasteiger charge is -2.37. The molecule has 4 rings (SSSR count). The van der Waals surface area contributed by atoms with E-state index in [-0.39, 0.29) is 30.6 Å². The Labute approximate surface area is 193 Å². The summed E-state index contributed by atoms with van der Waals surface area (Å²) in [5.41, 5.74) is 1.14. The van der Waals surface area contributed by atoms with Crippen molar-refractivity contribution in [3.63, 3.8) is 0 Å². The molecule has 1 unspecified atom stereocenters. The van der Waals surface area contributed by atoms with Crippen molar-refractivity contribution in [2.24, 2.45) is 0 Å². The van der Waals surface area contributed by atoms with Crippen LogP contribution >= 0.6 is 11.3 Å². The van der Waals surface area contributed by atoms with E-state index in [2.05, 4.69) is 16.8 Å². The van der Waals surface area contributed by atoms with Gasteiger partial charge in [0.15, 0.2) is 11.5 Å². The van der Waals surface area contributed by atoms with Crippen molar-refractivity contribution in [1.82, 2.24) is 15.1 Å². The van der Waals surface area contributed by atoms with Crippen LogP contribution in [0.1, 0.15) is 42.7 Å². The largest absolute Gasteiger partial charge is 0.493 e. The van der Waals surface area contributed by atoms with Crippen LogP contribution in [-0.4, -0.2) is 61.1 Å². The highest BCUT2D eigenvalue weighted by Crippen LogP contribution is 2.36. The molecular formula is C24H31N3O4S. The Morgan fingerprint density at radius 3 is 2.72 bits per heavy atom. The second-order valence-electron chi connectivity index (χ2n) is 8.20. The number of fused-ring (bicyclic) bond motifs is 1. The number of para-hydroxylation sites is 2. The van der Waals surface area contributed by atoms with Crippen LogP contribution in [0.25, 0.3) is 0 Å². The number of amides is 3. The zero-order valence-electron chi connectivity index (χ0n) is 18.7. The first-order valence-electron chi connectivity index (χ1n) is 11.3. The molecule has 1 N–H and O–H groups in total. The first kappa shape index (κ1) is 22.5. The molecule has 1 saturated carbocycles. The number of carbonyl (C=O) groups is 2. The van der Waals surface area contributed by atoms with Crippen LogP contribution in [0.5, 0.6) is 11.5 Å². The minimum atomic E-state index is -0.192. The molecule has 3 amide bonds. The number of urea groups is 1. The van der Waals surface area contributed by atoms with Gasteiger partial charge in [0, 0.05) is 24.0 Å². The molecule has 32 heavy (non-hydrogen) atoms. The second kappa shape index (κ2) is 10.3. The predicted octanol–water partition coefficient (Wildman–Crippen LogP) is 3.85. The monoisotopic (exact) mass is 457 g/mol. The number of nitrogens with one attached hydrogen (secondary N) is 1. The van der Waals surface area contributed by atoms with Crippen LogP contribution in [0.3, 0.4) is 0 Å². The van der Waals surface area contributed by atoms with Gasteiger partial charge in [-0.3, -0.25) is 4.79 Å². The Kier molecular flexibility index (Phi) is 7.19. The van der Waals surface area contributed by atoms with E-state index >= 15 is 0 Å². The first-order chi connectivity index (χ1) is 15.6. The molecule has 1 aromatic carbocycles. The molecular weight excluding hydrogens is 426 g/mol. The predicted molar refractivity (Wildman–Crippen MR) is 124 cm³/mol. The molecule has 0 saturated heterocycles. The molecule has 1 aliphatic carbocycles. The van der Waals surface area contributed by atoms with E-state index in [1.54, 1.807) is 23.3 Å². The molecule has 2 aromatic rings. The molecule has 2 aliphatic rings. The lowest BCUT2D eigenvalue weighted by Crippen LogP contribution is -2.50.